The van der Waals surface area contributed by atoms with Crippen LogP contribution in [-0.2, 0) is 0 Å². The molecule has 0 nitrogen and oxygen atoms in total. The summed E-state index contributed by atoms with van der Waals surface area (Å²) in [6.07, 6.45) is -9.77. The van der Waals surface area contributed by atoms with Crippen LogP contribution >= 0.6 is 0 Å². The van der Waals surface area contributed by atoms with Crippen molar-refractivity contribution in [2.24, 2.45) is 22.7 Å². The van der Waals surface area contributed by atoms with Gasteiger partial charge in [0.15, 0.2) is 0 Å². The minimum atomic E-state index is -4.88. The Morgan fingerprint density at radius 3 is 0.722 bits per heavy atom. The van der Waals surface area contributed by atoms with Gasteiger partial charge in [-0.25, -0.2) is 0 Å². The summed E-state index contributed by atoms with van der Waals surface area (Å²) in [5.41, 5.74) is -3.02. The third-order valence-corrected chi connectivity index (χ3v) is 2.90. The molecular weight excluding hydrogens is 258 g/mol. The zero-order valence-corrected chi connectivity index (χ0v) is 11.4. The van der Waals surface area contributed by atoms with Crippen molar-refractivity contribution in [2.75, 3.05) is 0 Å². The van der Waals surface area contributed by atoms with Crippen LogP contribution in [0.1, 0.15) is 41.5 Å². The molecule has 0 saturated heterocycles. The van der Waals surface area contributed by atoms with Crippen LogP contribution in [0.4, 0.5) is 26.3 Å². The molecule has 0 aliphatic rings. The predicted molar refractivity (Wildman–Crippen MR) is 58.0 cm³/mol. The quantitative estimate of drug-likeness (QED) is 0.560. The van der Waals surface area contributed by atoms with Crippen molar-refractivity contribution in [1.29, 1.82) is 0 Å². The maximum atomic E-state index is 13.0. The number of alkyl halides is 6. The Balaban J connectivity index is 5.84. The highest BCUT2D eigenvalue weighted by molar-refractivity contribution is 4.94. The first kappa shape index (κ1) is 17.6. The van der Waals surface area contributed by atoms with Crippen molar-refractivity contribution in [3.05, 3.63) is 0 Å². The molecule has 0 aromatic carbocycles. The second-order valence-electron chi connectivity index (χ2n) is 6.77. The molecule has 0 aromatic rings. The van der Waals surface area contributed by atoms with Gasteiger partial charge in [-0.05, 0) is 10.8 Å². The fraction of sp³-hybridized carbons (Fsp3) is 1.00. The molecule has 0 rings (SSSR count). The highest BCUT2D eigenvalue weighted by atomic mass is 19.4. The average molecular weight is 278 g/mol. The van der Waals surface area contributed by atoms with Gasteiger partial charge in [-0.1, -0.05) is 41.5 Å². The Kier molecular flexibility index (Phi) is 4.49. The molecule has 0 heterocycles. The summed E-state index contributed by atoms with van der Waals surface area (Å²) < 4.78 is 78.2. The topological polar surface area (TPSA) is 0 Å². The van der Waals surface area contributed by atoms with Crippen molar-refractivity contribution < 1.29 is 26.3 Å². The molecular formula is C12H20F6. The van der Waals surface area contributed by atoms with E-state index in [0.29, 0.717) is 0 Å². The molecule has 2 atom stereocenters. The zero-order chi connectivity index (χ0) is 15.2. The molecule has 0 aliphatic carbocycles. The smallest absolute Gasteiger partial charge is 0.171 e. The second kappa shape index (κ2) is 4.60. The standard InChI is InChI=1S/C12H20F6/c1-9(2,3)7(11(13,14)15)8(10(4,5)6)12(16,17)18/h7-8H,1-6H3. The second-order valence-corrected chi connectivity index (χ2v) is 6.77. The van der Waals surface area contributed by atoms with Gasteiger partial charge in [0.05, 0.1) is 11.8 Å². The summed E-state index contributed by atoms with van der Waals surface area (Å²) in [6.45, 7) is 7.14. The monoisotopic (exact) mass is 278 g/mol. The summed E-state index contributed by atoms with van der Waals surface area (Å²) >= 11 is 0. The largest absolute Gasteiger partial charge is 0.392 e. The van der Waals surface area contributed by atoms with E-state index in [1.807, 2.05) is 0 Å². The van der Waals surface area contributed by atoms with Crippen molar-refractivity contribution in [3.63, 3.8) is 0 Å². The first-order valence-corrected chi connectivity index (χ1v) is 5.62. The average Bonchev–Trinajstić information content (AvgIpc) is 1.89. The molecule has 110 valence electrons. The number of rotatable bonds is 1. The molecule has 0 fully saturated rings. The Bertz CT molecular complexity index is 215. The van der Waals surface area contributed by atoms with Crippen LogP contribution in [0, 0.1) is 22.7 Å². The van der Waals surface area contributed by atoms with Crippen LogP contribution in [0.5, 0.6) is 0 Å². The zero-order valence-electron chi connectivity index (χ0n) is 11.4. The Hall–Kier alpha value is -0.420. The minimum Gasteiger partial charge on any atom is -0.171 e. The fourth-order valence-corrected chi connectivity index (χ4v) is 2.36. The third kappa shape index (κ3) is 4.35. The lowest BCUT2D eigenvalue weighted by atomic mass is 9.63. The molecule has 6 heteroatoms. The van der Waals surface area contributed by atoms with Gasteiger partial charge in [0.2, 0.25) is 0 Å². The number of halogens is 6. The maximum absolute atomic E-state index is 13.0. The molecule has 0 bridgehead atoms. The number of hydrogen-bond acceptors (Lipinski definition) is 0. The molecule has 2 unspecified atom stereocenters. The molecule has 0 aromatic heterocycles. The third-order valence-electron chi connectivity index (χ3n) is 2.90. The highest BCUT2D eigenvalue weighted by Crippen LogP contribution is 2.55. The first-order valence-electron chi connectivity index (χ1n) is 5.62. The van der Waals surface area contributed by atoms with E-state index in [-0.39, 0.29) is 0 Å². The first-order chi connectivity index (χ1) is 7.49. The van der Waals surface area contributed by atoms with E-state index < -0.39 is 35.0 Å². The van der Waals surface area contributed by atoms with Gasteiger partial charge in [-0.15, -0.1) is 0 Å². The van der Waals surface area contributed by atoms with Crippen molar-refractivity contribution >= 4 is 0 Å². The molecule has 0 aliphatic heterocycles. The van der Waals surface area contributed by atoms with Gasteiger partial charge in [-0.3, -0.25) is 0 Å². The molecule has 0 saturated carbocycles. The van der Waals surface area contributed by atoms with Crippen LogP contribution in [0.3, 0.4) is 0 Å². The Labute approximate surface area is 104 Å². The maximum Gasteiger partial charge on any atom is 0.392 e. The lowest BCUT2D eigenvalue weighted by Crippen LogP contribution is -2.51. The van der Waals surface area contributed by atoms with E-state index in [0.717, 1.165) is 0 Å². The van der Waals surface area contributed by atoms with Crippen LogP contribution in [0.25, 0.3) is 0 Å². The van der Waals surface area contributed by atoms with Crippen molar-refractivity contribution in [2.45, 2.75) is 53.9 Å². The van der Waals surface area contributed by atoms with Crippen molar-refractivity contribution in [1.82, 2.24) is 0 Å². The molecule has 0 spiro atoms. The summed E-state index contributed by atoms with van der Waals surface area (Å²) in [7, 11) is 0. The molecule has 0 N–H and O–H groups in total. The molecule has 0 radical (unpaired) electrons. The Morgan fingerprint density at radius 2 is 0.667 bits per heavy atom. The highest BCUT2D eigenvalue weighted by Gasteiger charge is 2.62. The molecule has 0 amide bonds. The van der Waals surface area contributed by atoms with Gasteiger partial charge in [-0.2, -0.15) is 26.3 Å². The van der Waals surface area contributed by atoms with E-state index in [1.165, 1.54) is 41.5 Å². The molecule has 18 heavy (non-hydrogen) atoms. The Morgan fingerprint density at radius 1 is 0.500 bits per heavy atom. The predicted octanol–water partition coefficient (Wildman–Crippen LogP) is 5.44. The van der Waals surface area contributed by atoms with Gasteiger partial charge >= 0.3 is 12.4 Å². The van der Waals surface area contributed by atoms with Gasteiger partial charge < -0.3 is 0 Å². The van der Waals surface area contributed by atoms with Gasteiger partial charge in [0.1, 0.15) is 0 Å². The lowest BCUT2D eigenvalue weighted by molar-refractivity contribution is -0.294. The minimum absolute atomic E-state index is 1.19. The van der Waals surface area contributed by atoms with Gasteiger partial charge in [0.25, 0.3) is 0 Å². The van der Waals surface area contributed by atoms with Crippen LogP contribution < -0.4 is 0 Å². The SMILES string of the molecule is CC(C)(C)C(C(C(C)(C)C)C(F)(F)F)C(F)(F)F. The summed E-state index contributed by atoms with van der Waals surface area (Å²) in [5, 5.41) is 0. The lowest BCUT2D eigenvalue weighted by Gasteiger charge is -2.44. The van der Waals surface area contributed by atoms with E-state index >= 15 is 0 Å². The normalized spacial score (nSPS) is 18.7. The van der Waals surface area contributed by atoms with Gasteiger partial charge in [0, 0.05) is 0 Å². The van der Waals surface area contributed by atoms with E-state index in [1.54, 1.807) is 0 Å². The summed E-state index contributed by atoms with van der Waals surface area (Å²) in [6, 6.07) is 0. The van der Waals surface area contributed by atoms with E-state index in [9.17, 15) is 26.3 Å². The number of hydrogen-bond donors (Lipinski definition) is 0. The summed E-state index contributed by atoms with van der Waals surface area (Å²) in [5.74, 6) is -4.85. The van der Waals surface area contributed by atoms with Crippen LogP contribution in [0.2, 0.25) is 0 Å². The van der Waals surface area contributed by atoms with Crippen molar-refractivity contribution in [3.8, 4) is 0 Å². The fourth-order valence-electron chi connectivity index (χ4n) is 2.36. The summed E-state index contributed by atoms with van der Waals surface area (Å²) in [4.78, 5) is 0. The van der Waals surface area contributed by atoms with E-state index in [2.05, 4.69) is 0 Å². The van der Waals surface area contributed by atoms with E-state index in [4.69, 9.17) is 0 Å². The van der Waals surface area contributed by atoms with Crippen LogP contribution in [0.15, 0.2) is 0 Å². The van der Waals surface area contributed by atoms with Crippen LogP contribution in [-0.4, -0.2) is 12.4 Å².